The van der Waals surface area contributed by atoms with Gasteiger partial charge < -0.3 is 5.32 Å². The van der Waals surface area contributed by atoms with Gasteiger partial charge in [0, 0.05) is 12.6 Å². The summed E-state index contributed by atoms with van der Waals surface area (Å²) in [6.45, 7) is 5.36. The van der Waals surface area contributed by atoms with Crippen LogP contribution in [0, 0.1) is 17.7 Å². The van der Waals surface area contributed by atoms with E-state index in [0.29, 0.717) is 16.4 Å². The van der Waals surface area contributed by atoms with E-state index in [4.69, 9.17) is 0 Å². The molecule has 1 aliphatic carbocycles. The van der Waals surface area contributed by atoms with Crippen LogP contribution in [0.3, 0.4) is 0 Å². The third-order valence-electron chi connectivity index (χ3n) is 4.26. The summed E-state index contributed by atoms with van der Waals surface area (Å²) in [5.41, 5.74) is 1.01. The lowest BCUT2D eigenvalue weighted by atomic mass is 9.78. The third kappa shape index (κ3) is 3.79. The van der Waals surface area contributed by atoms with E-state index in [-0.39, 0.29) is 5.82 Å². The van der Waals surface area contributed by atoms with Crippen LogP contribution in [-0.4, -0.2) is 6.04 Å². The minimum atomic E-state index is -0.177. The van der Waals surface area contributed by atoms with Crippen LogP contribution in [0.2, 0.25) is 0 Å². The highest BCUT2D eigenvalue weighted by Gasteiger charge is 2.27. The second-order valence-corrected chi connectivity index (χ2v) is 6.69. The normalized spacial score (nSPS) is 23.8. The van der Waals surface area contributed by atoms with E-state index in [0.717, 1.165) is 18.0 Å². The zero-order valence-corrected chi connectivity index (χ0v) is 13.3. The largest absolute Gasteiger partial charge is 0.310 e. The van der Waals surface area contributed by atoms with Gasteiger partial charge in [-0.2, -0.15) is 0 Å². The van der Waals surface area contributed by atoms with Gasteiger partial charge in [0.1, 0.15) is 5.82 Å². The summed E-state index contributed by atoms with van der Waals surface area (Å²) >= 11 is 3.33. The van der Waals surface area contributed by atoms with Gasteiger partial charge in [-0.3, -0.25) is 0 Å². The molecule has 1 aromatic rings. The van der Waals surface area contributed by atoms with Crippen molar-refractivity contribution in [2.45, 2.75) is 52.1 Å². The lowest BCUT2D eigenvalue weighted by Gasteiger charge is -2.35. The number of benzene rings is 1. The molecule has 0 amide bonds. The Hall–Kier alpha value is -0.410. The first kappa shape index (κ1) is 15.0. The van der Waals surface area contributed by atoms with Gasteiger partial charge in [0.15, 0.2) is 0 Å². The standard InChI is InChI=1S/C16H23BrFN/c1-11(2)13-7-3-4-9-15(13)19-10-12-6-5-8-14(18)16(12)17/h5-6,8,11,13,15,19H,3-4,7,9-10H2,1-2H3. The number of hydrogen-bond donors (Lipinski definition) is 1. The summed E-state index contributed by atoms with van der Waals surface area (Å²) in [6.07, 6.45) is 5.23. The van der Waals surface area contributed by atoms with E-state index < -0.39 is 0 Å². The Balaban J connectivity index is 1.98. The molecule has 0 spiro atoms. The summed E-state index contributed by atoms with van der Waals surface area (Å²) in [7, 11) is 0. The molecule has 19 heavy (non-hydrogen) atoms. The quantitative estimate of drug-likeness (QED) is 0.829. The van der Waals surface area contributed by atoms with Crippen molar-refractivity contribution < 1.29 is 4.39 Å². The molecular formula is C16H23BrFN. The summed E-state index contributed by atoms with van der Waals surface area (Å²) in [5, 5.41) is 3.64. The Kier molecular flexibility index (Phi) is 5.40. The Labute approximate surface area is 124 Å². The second kappa shape index (κ2) is 6.85. The van der Waals surface area contributed by atoms with Crippen molar-refractivity contribution in [1.29, 1.82) is 0 Å². The molecule has 0 bridgehead atoms. The smallest absolute Gasteiger partial charge is 0.137 e. The van der Waals surface area contributed by atoms with Crippen LogP contribution in [0.15, 0.2) is 22.7 Å². The fraction of sp³-hybridized carbons (Fsp3) is 0.625. The molecule has 2 rings (SSSR count). The van der Waals surface area contributed by atoms with Crippen LogP contribution in [0.5, 0.6) is 0 Å². The van der Waals surface area contributed by atoms with Crippen molar-refractivity contribution in [3.05, 3.63) is 34.1 Å². The summed E-state index contributed by atoms with van der Waals surface area (Å²) < 4.78 is 14.1. The van der Waals surface area contributed by atoms with Gasteiger partial charge in [0.25, 0.3) is 0 Å². The van der Waals surface area contributed by atoms with Crippen LogP contribution < -0.4 is 5.32 Å². The van der Waals surface area contributed by atoms with E-state index in [9.17, 15) is 4.39 Å². The minimum absolute atomic E-state index is 0.177. The van der Waals surface area contributed by atoms with E-state index in [1.807, 2.05) is 6.07 Å². The number of nitrogens with one attached hydrogen (secondary N) is 1. The van der Waals surface area contributed by atoms with Crippen molar-refractivity contribution in [3.63, 3.8) is 0 Å². The molecule has 1 aliphatic rings. The lowest BCUT2D eigenvalue weighted by molar-refractivity contribution is 0.204. The van der Waals surface area contributed by atoms with Gasteiger partial charge in [0.2, 0.25) is 0 Å². The van der Waals surface area contributed by atoms with E-state index >= 15 is 0 Å². The number of hydrogen-bond acceptors (Lipinski definition) is 1. The molecule has 0 radical (unpaired) electrons. The average molecular weight is 328 g/mol. The molecule has 1 N–H and O–H groups in total. The molecule has 3 heteroatoms. The zero-order valence-electron chi connectivity index (χ0n) is 11.8. The van der Waals surface area contributed by atoms with Crippen molar-refractivity contribution in [1.82, 2.24) is 5.32 Å². The van der Waals surface area contributed by atoms with E-state index in [1.54, 1.807) is 6.07 Å². The van der Waals surface area contributed by atoms with Crippen molar-refractivity contribution in [2.75, 3.05) is 0 Å². The maximum atomic E-state index is 13.5. The van der Waals surface area contributed by atoms with Gasteiger partial charge >= 0.3 is 0 Å². The van der Waals surface area contributed by atoms with Crippen molar-refractivity contribution in [2.24, 2.45) is 11.8 Å². The SMILES string of the molecule is CC(C)C1CCCCC1NCc1cccc(F)c1Br. The molecule has 1 saturated carbocycles. The fourth-order valence-electron chi connectivity index (χ4n) is 3.14. The minimum Gasteiger partial charge on any atom is -0.310 e. The molecule has 1 aromatic carbocycles. The van der Waals surface area contributed by atoms with Gasteiger partial charge in [0.05, 0.1) is 4.47 Å². The molecule has 2 unspecified atom stereocenters. The monoisotopic (exact) mass is 327 g/mol. The van der Waals surface area contributed by atoms with Crippen LogP contribution in [0.1, 0.15) is 45.1 Å². The first-order chi connectivity index (χ1) is 9.09. The van der Waals surface area contributed by atoms with Crippen molar-refractivity contribution >= 4 is 15.9 Å². The number of rotatable bonds is 4. The summed E-state index contributed by atoms with van der Waals surface area (Å²) in [4.78, 5) is 0. The molecule has 0 saturated heterocycles. The predicted octanol–water partition coefficient (Wildman–Crippen LogP) is 4.89. The highest BCUT2D eigenvalue weighted by molar-refractivity contribution is 9.10. The molecule has 0 heterocycles. The summed E-state index contributed by atoms with van der Waals surface area (Å²) in [6, 6.07) is 5.82. The van der Waals surface area contributed by atoms with Crippen LogP contribution in [0.4, 0.5) is 4.39 Å². The summed E-state index contributed by atoms with van der Waals surface area (Å²) in [5.74, 6) is 1.29. The van der Waals surface area contributed by atoms with Gasteiger partial charge in [-0.25, -0.2) is 4.39 Å². The Bertz CT molecular complexity index is 419. The van der Waals surface area contributed by atoms with Crippen LogP contribution in [-0.2, 0) is 6.54 Å². The maximum absolute atomic E-state index is 13.5. The first-order valence-corrected chi connectivity index (χ1v) is 8.05. The Morgan fingerprint density at radius 2 is 2.05 bits per heavy atom. The third-order valence-corrected chi connectivity index (χ3v) is 5.15. The Morgan fingerprint density at radius 3 is 2.79 bits per heavy atom. The molecule has 1 nitrogen and oxygen atoms in total. The van der Waals surface area contributed by atoms with Crippen molar-refractivity contribution in [3.8, 4) is 0 Å². The molecule has 1 fully saturated rings. The average Bonchev–Trinajstić information content (AvgIpc) is 2.40. The molecule has 2 atom stereocenters. The van der Waals surface area contributed by atoms with E-state index in [1.165, 1.54) is 31.7 Å². The van der Waals surface area contributed by atoms with E-state index in [2.05, 4.69) is 35.1 Å². The molecule has 0 aliphatic heterocycles. The lowest BCUT2D eigenvalue weighted by Crippen LogP contribution is -2.40. The Morgan fingerprint density at radius 1 is 1.32 bits per heavy atom. The zero-order chi connectivity index (χ0) is 13.8. The molecule has 0 aromatic heterocycles. The highest BCUT2D eigenvalue weighted by atomic mass is 79.9. The van der Waals surface area contributed by atoms with Gasteiger partial charge in [-0.1, -0.05) is 38.8 Å². The van der Waals surface area contributed by atoms with Gasteiger partial charge in [-0.15, -0.1) is 0 Å². The predicted molar refractivity (Wildman–Crippen MR) is 81.5 cm³/mol. The topological polar surface area (TPSA) is 12.0 Å². The maximum Gasteiger partial charge on any atom is 0.137 e. The highest BCUT2D eigenvalue weighted by Crippen LogP contribution is 2.30. The molecular weight excluding hydrogens is 305 g/mol. The second-order valence-electron chi connectivity index (χ2n) is 5.89. The van der Waals surface area contributed by atoms with Crippen LogP contribution in [0.25, 0.3) is 0 Å². The first-order valence-electron chi connectivity index (χ1n) is 7.26. The fourth-order valence-corrected chi connectivity index (χ4v) is 3.54. The molecule has 106 valence electrons. The van der Waals surface area contributed by atoms with Crippen LogP contribution >= 0.6 is 15.9 Å². The number of halogens is 2. The van der Waals surface area contributed by atoms with Gasteiger partial charge in [-0.05, 0) is 52.2 Å².